The van der Waals surface area contributed by atoms with Gasteiger partial charge in [-0.1, -0.05) is 18.2 Å². The SMILES string of the molecule is Cc1c(N)c(=O)n(CCCOc2ccccc2)n1C. The molecule has 0 spiro atoms. The quantitative estimate of drug-likeness (QED) is 0.831. The van der Waals surface area contributed by atoms with Gasteiger partial charge < -0.3 is 10.5 Å². The number of rotatable bonds is 5. The highest BCUT2D eigenvalue weighted by atomic mass is 16.5. The minimum absolute atomic E-state index is 0.125. The smallest absolute Gasteiger partial charge is 0.290 e. The van der Waals surface area contributed by atoms with Crippen molar-refractivity contribution in [3.63, 3.8) is 0 Å². The number of ether oxygens (including phenoxy) is 1. The average Bonchev–Trinajstić information content (AvgIpc) is 2.62. The van der Waals surface area contributed by atoms with Crippen LogP contribution in [0, 0.1) is 6.92 Å². The summed E-state index contributed by atoms with van der Waals surface area (Å²) < 4.78 is 9.02. The molecule has 0 radical (unpaired) electrons. The number of benzene rings is 1. The molecule has 1 aromatic heterocycles. The second kappa shape index (κ2) is 5.65. The zero-order chi connectivity index (χ0) is 13.8. The van der Waals surface area contributed by atoms with Crippen molar-refractivity contribution < 1.29 is 4.74 Å². The molecule has 0 fully saturated rings. The third kappa shape index (κ3) is 2.81. The Morgan fingerprint density at radius 3 is 2.53 bits per heavy atom. The number of nitrogens with zero attached hydrogens (tertiary/aromatic N) is 2. The molecule has 2 N–H and O–H groups in total. The second-order valence-electron chi connectivity index (χ2n) is 4.47. The van der Waals surface area contributed by atoms with Crippen molar-refractivity contribution in [3.05, 3.63) is 46.4 Å². The number of para-hydroxylation sites is 1. The maximum atomic E-state index is 11.9. The monoisotopic (exact) mass is 261 g/mol. The van der Waals surface area contributed by atoms with Crippen LogP contribution in [0.5, 0.6) is 5.75 Å². The third-order valence-corrected chi connectivity index (χ3v) is 3.23. The lowest BCUT2D eigenvalue weighted by Crippen LogP contribution is -2.23. The largest absolute Gasteiger partial charge is 0.494 e. The fraction of sp³-hybridized carbons (Fsp3) is 0.357. The van der Waals surface area contributed by atoms with Gasteiger partial charge in [0.15, 0.2) is 0 Å². The van der Waals surface area contributed by atoms with Crippen LogP contribution in [-0.4, -0.2) is 16.0 Å². The Bertz CT molecular complexity index is 599. The van der Waals surface area contributed by atoms with Crippen LogP contribution in [0.25, 0.3) is 0 Å². The fourth-order valence-corrected chi connectivity index (χ4v) is 1.96. The molecule has 1 aromatic carbocycles. The lowest BCUT2D eigenvalue weighted by molar-refractivity contribution is 0.292. The number of hydrogen-bond donors (Lipinski definition) is 1. The number of nitrogen functional groups attached to an aromatic ring is 1. The molecule has 1 heterocycles. The Morgan fingerprint density at radius 2 is 1.95 bits per heavy atom. The van der Waals surface area contributed by atoms with Crippen LogP contribution in [0.2, 0.25) is 0 Å². The van der Waals surface area contributed by atoms with Crippen molar-refractivity contribution in [2.75, 3.05) is 12.3 Å². The number of anilines is 1. The molecular weight excluding hydrogens is 242 g/mol. The summed E-state index contributed by atoms with van der Waals surface area (Å²) in [6.07, 6.45) is 0.755. The molecule has 5 nitrogen and oxygen atoms in total. The van der Waals surface area contributed by atoms with E-state index < -0.39 is 0 Å². The Kier molecular flexibility index (Phi) is 3.94. The summed E-state index contributed by atoms with van der Waals surface area (Å²) in [4.78, 5) is 11.9. The first-order valence-electron chi connectivity index (χ1n) is 6.31. The lowest BCUT2D eigenvalue weighted by atomic mass is 10.3. The third-order valence-electron chi connectivity index (χ3n) is 3.23. The van der Waals surface area contributed by atoms with Crippen LogP contribution in [0.15, 0.2) is 35.1 Å². The van der Waals surface area contributed by atoms with E-state index in [-0.39, 0.29) is 5.56 Å². The van der Waals surface area contributed by atoms with Crippen LogP contribution in [0.3, 0.4) is 0 Å². The molecule has 2 rings (SSSR count). The van der Waals surface area contributed by atoms with E-state index in [4.69, 9.17) is 10.5 Å². The maximum Gasteiger partial charge on any atom is 0.290 e. The second-order valence-corrected chi connectivity index (χ2v) is 4.47. The molecule has 0 aliphatic carbocycles. The Labute approximate surface area is 112 Å². The predicted octanol–water partition coefficient (Wildman–Crippen LogP) is 1.55. The number of hydrogen-bond acceptors (Lipinski definition) is 3. The van der Waals surface area contributed by atoms with Crippen LogP contribution in [0.4, 0.5) is 5.69 Å². The van der Waals surface area contributed by atoms with Crippen LogP contribution >= 0.6 is 0 Å². The van der Waals surface area contributed by atoms with Gasteiger partial charge in [0.25, 0.3) is 5.56 Å². The Morgan fingerprint density at radius 1 is 1.26 bits per heavy atom. The molecule has 0 saturated carbocycles. The normalized spacial score (nSPS) is 10.6. The highest BCUT2D eigenvalue weighted by Gasteiger charge is 2.10. The van der Waals surface area contributed by atoms with E-state index in [9.17, 15) is 4.79 Å². The summed E-state index contributed by atoms with van der Waals surface area (Å²) in [5.74, 6) is 0.845. The van der Waals surface area contributed by atoms with Gasteiger partial charge in [-0.2, -0.15) is 0 Å². The number of aromatic nitrogens is 2. The minimum Gasteiger partial charge on any atom is -0.494 e. The van der Waals surface area contributed by atoms with Crippen molar-refractivity contribution in [3.8, 4) is 5.75 Å². The molecule has 0 saturated heterocycles. The van der Waals surface area contributed by atoms with E-state index in [1.807, 2.05) is 44.3 Å². The zero-order valence-electron chi connectivity index (χ0n) is 11.3. The summed E-state index contributed by atoms with van der Waals surface area (Å²) in [6, 6.07) is 9.64. The van der Waals surface area contributed by atoms with E-state index >= 15 is 0 Å². The molecule has 5 heteroatoms. The zero-order valence-corrected chi connectivity index (χ0v) is 11.3. The fourth-order valence-electron chi connectivity index (χ4n) is 1.96. The Hall–Kier alpha value is -2.17. The molecular formula is C14H19N3O2. The van der Waals surface area contributed by atoms with Gasteiger partial charge in [-0.25, -0.2) is 4.68 Å². The summed E-state index contributed by atoms with van der Waals surface area (Å²) in [7, 11) is 1.84. The van der Waals surface area contributed by atoms with Crippen molar-refractivity contribution in [1.82, 2.24) is 9.36 Å². The highest BCUT2D eigenvalue weighted by molar-refractivity contribution is 5.40. The van der Waals surface area contributed by atoms with Gasteiger partial charge in [0.2, 0.25) is 0 Å². The van der Waals surface area contributed by atoms with Crippen LogP contribution in [0.1, 0.15) is 12.1 Å². The predicted molar refractivity (Wildman–Crippen MR) is 75.4 cm³/mol. The molecule has 102 valence electrons. The molecule has 0 atom stereocenters. The minimum atomic E-state index is -0.125. The topological polar surface area (TPSA) is 62.2 Å². The summed E-state index contributed by atoms with van der Waals surface area (Å²) in [5.41, 5.74) is 6.71. The summed E-state index contributed by atoms with van der Waals surface area (Å²) in [6.45, 7) is 3.01. The first-order valence-corrected chi connectivity index (χ1v) is 6.31. The summed E-state index contributed by atoms with van der Waals surface area (Å²) in [5, 5.41) is 0. The Balaban J connectivity index is 1.90. The van der Waals surface area contributed by atoms with Crippen LogP contribution < -0.4 is 16.0 Å². The first kappa shape index (κ1) is 13.3. The molecule has 0 aliphatic heterocycles. The van der Waals surface area contributed by atoms with Gasteiger partial charge >= 0.3 is 0 Å². The van der Waals surface area contributed by atoms with Crippen molar-refractivity contribution in [2.45, 2.75) is 19.9 Å². The first-order chi connectivity index (χ1) is 9.11. The highest BCUT2D eigenvalue weighted by Crippen LogP contribution is 2.09. The maximum absolute atomic E-state index is 11.9. The van der Waals surface area contributed by atoms with E-state index in [0.29, 0.717) is 18.8 Å². The van der Waals surface area contributed by atoms with Gasteiger partial charge in [0.05, 0.1) is 12.3 Å². The molecule has 2 aromatic rings. The molecule has 0 bridgehead atoms. The van der Waals surface area contributed by atoms with Gasteiger partial charge in [0.1, 0.15) is 11.4 Å². The van der Waals surface area contributed by atoms with Gasteiger partial charge in [-0.05, 0) is 19.1 Å². The van der Waals surface area contributed by atoms with Crippen molar-refractivity contribution in [1.29, 1.82) is 0 Å². The van der Waals surface area contributed by atoms with E-state index in [0.717, 1.165) is 17.9 Å². The van der Waals surface area contributed by atoms with Gasteiger partial charge in [-0.15, -0.1) is 0 Å². The van der Waals surface area contributed by atoms with Gasteiger partial charge in [0, 0.05) is 20.0 Å². The molecule has 0 aliphatic rings. The van der Waals surface area contributed by atoms with Gasteiger partial charge in [-0.3, -0.25) is 9.48 Å². The van der Waals surface area contributed by atoms with E-state index in [2.05, 4.69) is 0 Å². The molecule has 19 heavy (non-hydrogen) atoms. The summed E-state index contributed by atoms with van der Waals surface area (Å²) >= 11 is 0. The van der Waals surface area contributed by atoms with Crippen molar-refractivity contribution in [2.24, 2.45) is 7.05 Å². The molecule has 0 amide bonds. The van der Waals surface area contributed by atoms with E-state index in [1.54, 1.807) is 9.36 Å². The lowest BCUT2D eigenvalue weighted by Gasteiger charge is -2.09. The standard InChI is InChI=1S/C14H19N3O2/c1-11-13(15)14(18)17(16(11)2)9-6-10-19-12-7-4-3-5-8-12/h3-5,7-8H,6,9-10,15H2,1-2H3. The molecule has 0 unspecified atom stereocenters. The average molecular weight is 261 g/mol. The van der Waals surface area contributed by atoms with Crippen molar-refractivity contribution >= 4 is 5.69 Å². The van der Waals surface area contributed by atoms with E-state index in [1.165, 1.54) is 0 Å². The number of nitrogens with two attached hydrogens (primary N) is 1. The van der Waals surface area contributed by atoms with Crippen LogP contribution in [-0.2, 0) is 13.6 Å².